The normalized spacial score (nSPS) is 11.0. The zero-order valence-electron chi connectivity index (χ0n) is 4.39. The summed E-state index contributed by atoms with van der Waals surface area (Å²) < 4.78 is 0. The van der Waals surface area contributed by atoms with Crippen LogP contribution in [0.1, 0.15) is 6.92 Å². The van der Waals surface area contributed by atoms with Crippen LogP contribution in [0.25, 0.3) is 0 Å². The van der Waals surface area contributed by atoms with E-state index >= 15 is 0 Å². The van der Waals surface area contributed by atoms with E-state index < -0.39 is 0 Å². The maximum Gasteiger partial charge on any atom is 0.0177 e. The molecule has 0 aliphatic rings. The molecule has 1 nitrogen and oxygen atoms in total. The number of hydrogen-bond donors (Lipinski definition) is 1. The van der Waals surface area contributed by atoms with Gasteiger partial charge in [0.05, 0.1) is 0 Å². The van der Waals surface area contributed by atoms with Crippen LogP contribution in [0, 0.1) is 5.41 Å². The molecule has 0 heterocycles. The maximum absolute atomic E-state index is 6.54. The average molecular weight is 95.1 g/mol. The molecule has 0 saturated heterocycles. The van der Waals surface area contributed by atoms with Crippen molar-refractivity contribution in [3.05, 3.63) is 24.3 Å². The van der Waals surface area contributed by atoms with Crippen LogP contribution in [0.2, 0.25) is 0 Å². The Morgan fingerprint density at radius 2 is 1.86 bits per heavy atom. The second-order valence-corrected chi connectivity index (χ2v) is 1.08. The summed E-state index contributed by atoms with van der Waals surface area (Å²) in [6.45, 7) is 1.94. The molecule has 0 aromatic carbocycles. The second-order valence-electron chi connectivity index (χ2n) is 1.08. The highest BCUT2D eigenvalue weighted by Gasteiger charge is 1.53. The molecule has 1 heteroatoms. The van der Waals surface area contributed by atoms with E-state index in [1.807, 2.05) is 25.2 Å². The Balaban J connectivity index is 3.27. The highest BCUT2D eigenvalue weighted by molar-refractivity contribution is 5.67. The Labute approximate surface area is 43.9 Å². The van der Waals surface area contributed by atoms with Crippen molar-refractivity contribution in [2.45, 2.75) is 6.92 Å². The van der Waals surface area contributed by atoms with Crippen molar-refractivity contribution in [3.63, 3.8) is 0 Å². The molecule has 0 atom stereocenters. The van der Waals surface area contributed by atoms with E-state index in [4.69, 9.17) is 5.41 Å². The summed E-state index contributed by atoms with van der Waals surface area (Å²) in [7, 11) is 0. The van der Waals surface area contributed by atoms with Crippen molar-refractivity contribution in [2.24, 2.45) is 0 Å². The summed E-state index contributed by atoms with van der Waals surface area (Å²) in [5, 5.41) is 6.54. The molecule has 0 aliphatic heterocycles. The van der Waals surface area contributed by atoms with Gasteiger partial charge in [-0.25, -0.2) is 0 Å². The molecule has 0 fully saturated rings. The van der Waals surface area contributed by atoms with Crippen LogP contribution in [-0.4, -0.2) is 6.21 Å². The van der Waals surface area contributed by atoms with Crippen LogP contribution in [0.4, 0.5) is 0 Å². The van der Waals surface area contributed by atoms with Crippen molar-refractivity contribution < 1.29 is 0 Å². The standard InChI is InChI=1S/C6H9N/c1-2-3-4-5-6-7/h2-7H,1H3. The van der Waals surface area contributed by atoms with Crippen molar-refractivity contribution in [1.29, 1.82) is 5.41 Å². The minimum absolute atomic E-state index is 1.25. The molecule has 0 rings (SSSR count). The Kier molecular flexibility index (Phi) is 4.52. The van der Waals surface area contributed by atoms with Crippen LogP contribution in [0.3, 0.4) is 0 Å². The minimum Gasteiger partial charge on any atom is -0.309 e. The van der Waals surface area contributed by atoms with E-state index in [0.717, 1.165) is 0 Å². The van der Waals surface area contributed by atoms with Crippen LogP contribution >= 0.6 is 0 Å². The summed E-state index contributed by atoms with van der Waals surface area (Å²) in [5.74, 6) is 0. The molecule has 0 saturated carbocycles. The smallest absolute Gasteiger partial charge is 0.0177 e. The van der Waals surface area contributed by atoms with Gasteiger partial charge < -0.3 is 5.41 Å². The SMILES string of the molecule is CC=CC=CC=N. The molecule has 0 aromatic rings. The van der Waals surface area contributed by atoms with Crippen molar-refractivity contribution in [3.8, 4) is 0 Å². The number of allylic oxidation sites excluding steroid dienone is 4. The van der Waals surface area contributed by atoms with Crippen molar-refractivity contribution >= 4 is 6.21 Å². The fourth-order valence-corrected chi connectivity index (χ4v) is 0.231. The number of hydrogen-bond acceptors (Lipinski definition) is 1. The summed E-state index contributed by atoms with van der Waals surface area (Å²) in [4.78, 5) is 0. The maximum atomic E-state index is 6.54. The van der Waals surface area contributed by atoms with Gasteiger partial charge in [0, 0.05) is 6.21 Å². The van der Waals surface area contributed by atoms with Gasteiger partial charge in [-0.3, -0.25) is 0 Å². The van der Waals surface area contributed by atoms with Crippen LogP contribution in [0.5, 0.6) is 0 Å². The third-order valence-electron chi connectivity index (χ3n) is 0.511. The monoisotopic (exact) mass is 95.1 g/mol. The summed E-state index contributed by atoms with van der Waals surface area (Å²) >= 11 is 0. The van der Waals surface area contributed by atoms with Gasteiger partial charge in [0.1, 0.15) is 0 Å². The van der Waals surface area contributed by atoms with E-state index in [1.54, 1.807) is 6.08 Å². The predicted octanol–water partition coefficient (Wildman–Crippen LogP) is 1.77. The van der Waals surface area contributed by atoms with E-state index in [9.17, 15) is 0 Å². The van der Waals surface area contributed by atoms with Crippen LogP contribution in [-0.2, 0) is 0 Å². The lowest BCUT2D eigenvalue weighted by Crippen LogP contribution is -1.52. The third-order valence-corrected chi connectivity index (χ3v) is 0.511. The van der Waals surface area contributed by atoms with Gasteiger partial charge in [0.2, 0.25) is 0 Å². The molecular formula is C6H9N. The fourth-order valence-electron chi connectivity index (χ4n) is 0.231. The first kappa shape index (κ1) is 6.15. The highest BCUT2D eigenvalue weighted by Crippen LogP contribution is 1.70. The zero-order valence-corrected chi connectivity index (χ0v) is 4.39. The van der Waals surface area contributed by atoms with Gasteiger partial charge in [-0.15, -0.1) is 0 Å². The van der Waals surface area contributed by atoms with Gasteiger partial charge in [0.25, 0.3) is 0 Å². The molecule has 0 spiro atoms. The Morgan fingerprint density at radius 3 is 2.29 bits per heavy atom. The van der Waals surface area contributed by atoms with Crippen LogP contribution in [0.15, 0.2) is 24.3 Å². The van der Waals surface area contributed by atoms with E-state index in [-0.39, 0.29) is 0 Å². The third kappa shape index (κ3) is 5.15. The molecule has 0 bridgehead atoms. The lowest BCUT2D eigenvalue weighted by molar-refractivity contribution is 1.58. The van der Waals surface area contributed by atoms with Gasteiger partial charge in [-0.1, -0.05) is 18.2 Å². The number of nitrogens with one attached hydrogen (secondary N) is 1. The molecular weight excluding hydrogens is 86.1 g/mol. The van der Waals surface area contributed by atoms with Gasteiger partial charge >= 0.3 is 0 Å². The Morgan fingerprint density at radius 1 is 1.14 bits per heavy atom. The molecule has 0 unspecified atom stereocenters. The Hall–Kier alpha value is -0.850. The lowest BCUT2D eigenvalue weighted by Gasteiger charge is -1.64. The molecule has 0 amide bonds. The van der Waals surface area contributed by atoms with Gasteiger partial charge in [-0.05, 0) is 13.0 Å². The molecule has 0 aromatic heterocycles. The molecule has 7 heavy (non-hydrogen) atoms. The summed E-state index contributed by atoms with van der Waals surface area (Å²) in [5.41, 5.74) is 0. The van der Waals surface area contributed by atoms with E-state index in [1.165, 1.54) is 6.21 Å². The first-order chi connectivity index (χ1) is 3.41. The first-order valence-corrected chi connectivity index (χ1v) is 2.20. The van der Waals surface area contributed by atoms with Crippen LogP contribution < -0.4 is 0 Å². The summed E-state index contributed by atoms with van der Waals surface area (Å²) in [6, 6.07) is 0. The lowest BCUT2D eigenvalue weighted by atomic mass is 10.4. The minimum atomic E-state index is 1.25. The summed E-state index contributed by atoms with van der Waals surface area (Å²) in [6.07, 6.45) is 8.53. The molecule has 38 valence electrons. The van der Waals surface area contributed by atoms with E-state index in [0.29, 0.717) is 0 Å². The number of rotatable bonds is 2. The quantitative estimate of drug-likeness (QED) is 0.399. The Bertz CT molecular complexity index is 90.4. The average Bonchev–Trinajstić information content (AvgIpc) is 1.69. The predicted molar refractivity (Wildman–Crippen MR) is 32.7 cm³/mol. The highest BCUT2D eigenvalue weighted by atomic mass is 14.3. The second kappa shape index (κ2) is 5.15. The zero-order chi connectivity index (χ0) is 5.54. The first-order valence-electron chi connectivity index (χ1n) is 2.20. The fraction of sp³-hybridized carbons (Fsp3) is 0.167. The largest absolute Gasteiger partial charge is 0.309 e. The topological polar surface area (TPSA) is 23.9 Å². The molecule has 0 radical (unpaired) electrons. The van der Waals surface area contributed by atoms with Crippen molar-refractivity contribution in [2.75, 3.05) is 0 Å². The van der Waals surface area contributed by atoms with Gasteiger partial charge in [0.15, 0.2) is 0 Å². The molecule has 1 N–H and O–H groups in total. The van der Waals surface area contributed by atoms with E-state index in [2.05, 4.69) is 0 Å². The van der Waals surface area contributed by atoms with Gasteiger partial charge in [-0.2, -0.15) is 0 Å². The molecule has 0 aliphatic carbocycles. The van der Waals surface area contributed by atoms with Crippen molar-refractivity contribution in [1.82, 2.24) is 0 Å².